The van der Waals surface area contributed by atoms with Gasteiger partial charge in [-0.1, -0.05) is 12.1 Å². The van der Waals surface area contributed by atoms with E-state index in [1.54, 1.807) is 19.5 Å². The van der Waals surface area contributed by atoms with Crippen LogP contribution in [0.3, 0.4) is 0 Å². The van der Waals surface area contributed by atoms with Crippen molar-refractivity contribution >= 4 is 0 Å². The van der Waals surface area contributed by atoms with Crippen LogP contribution < -0.4 is 4.74 Å². The SMILES string of the molecule is COc1ccc(Cc2nc([C@@H]3CCOC3)n(-c3ccncc3)n2)cc1. The highest BCUT2D eigenvalue weighted by atomic mass is 16.5. The highest BCUT2D eigenvalue weighted by molar-refractivity contribution is 5.32. The zero-order valence-corrected chi connectivity index (χ0v) is 14.1. The van der Waals surface area contributed by atoms with Crippen molar-refractivity contribution in [2.75, 3.05) is 20.3 Å². The number of hydrogen-bond acceptors (Lipinski definition) is 5. The number of hydrogen-bond donors (Lipinski definition) is 0. The molecule has 1 atom stereocenters. The van der Waals surface area contributed by atoms with E-state index in [0.29, 0.717) is 13.0 Å². The second-order valence-electron chi connectivity index (χ2n) is 6.09. The Morgan fingerprint density at radius 2 is 1.96 bits per heavy atom. The molecule has 1 aliphatic rings. The summed E-state index contributed by atoms with van der Waals surface area (Å²) in [5.41, 5.74) is 2.13. The average Bonchev–Trinajstić information content (AvgIpc) is 3.33. The zero-order chi connectivity index (χ0) is 17.1. The first kappa shape index (κ1) is 15.8. The van der Waals surface area contributed by atoms with Crippen LogP contribution in [0.25, 0.3) is 5.69 Å². The maximum atomic E-state index is 5.55. The van der Waals surface area contributed by atoms with E-state index in [4.69, 9.17) is 19.6 Å². The third-order valence-corrected chi connectivity index (χ3v) is 4.40. The average molecular weight is 336 g/mol. The molecule has 6 nitrogen and oxygen atoms in total. The standard InChI is InChI=1S/C19H20N4O2/c1-24-17-4-2-14(3-5-17)12-18-21-19(15-8-11-25-13-15)23(22-18)16-6-9-20-10-7-16/h2-7,9-10,15H,8,11-13H2,1H3/t15-/m1/s1. The molecule has 0 amide bonds. The van der Waals surface area contributed by atoms with Crippen LogP contribution in [-0.4, -0.2) is 40.1 Å². The highest BCUT2D eigenvalue weighted by Gasteiger charge is 2.25. The molecule has 6 heteroatoms. The first-order chi connectivity index (χ1) is 12.3. The maximum absolute atomic E-state index is 5.55. The monoisotopic (exact) mass is 336 g/mol. The predicted molar refractivity (Wildman–Crippen MR) is 93.1 cm³/mol. The minimum Gasteiger partial charge on any atom is -0.497 e. The van der Waals surface area contributed by atoms with E-state index in [0.717, 1.165) is 41.7 Å². The fourth-order valence-electron chi connectivity index (χ4n) is 3.05. The van der Waals surface area contributed by atoms with Crippen LogP contribution in [0.5, 0.6) is 5.75 Å². The zero-order valence-electron chi connectivity index (χ0n) is 14.1. The van der Waals surface area contributed by atoms with E-state index in [2.05, 4.69) is 4.98 Å². The summed E-state index contributed by atoms with van der Waals surface area (Å²) in [5, 5.41) is 4.75. The molecule has 0 spiro atoms. The van der Waals surface area contributed by atoms with Gasteiger partial charge in [0.1, 0.15) is 11.6 Å². The molecule has 0 N–H and O–H groups in total. The summed E-state index contributed by atoms with van der Waals surface area (Å²) in [6, 6.07) is 11.9. The Bertz CT molecular complexity index is 824. The Balaban J connectivity index is 1.66. The molecule has 3 aromatic rings. The van der Waals surface area contributed by atoms with Crippen molar-refractivity contribution in [3.63, 3.8) is 0 Å². The Kier molecular flexibility index (Phi) is 4.43. The smallest absolute Gasteiger partial charge is 0.155 e. The molecule has 3 heterocycles. The van der Waals surface area contributed by atoms with Gasteiger partial charge >= 0.3 is 0 Å². The third-order valence-electron chi connectivity index (χ3n) is 4.40. The maximum Gasteiger partial charge on any atom is 0.155 e. The van der Waals surface area contributed by atoms with Crippen LogP contribution in [-0.2, 0) is 11.2 Å². The Morgan fingerprint density at radius 1 is 1.16 bits per heavy atom. The van der Waals surface area contributed by atoms with Crippen molar-refractivity contribution in [3.8, 4) is 11.4 Å². The van der Waals surface area contributed by atoms with Crippen molar-refractivity contribution in [2.45, 2.75) is 18.8 Å². The van der Waals surface area contributed by atoms with Gasteiger partial charge < -0.3 is 9.47 Å². The fraction of sp³-hybridized carbons (Fsp3) is 0.316. The normalized spacial score (nSPS) is 16.9. The summed E-state index contributed by atoms with van der Waals surface area (Å²) in [6.45, 7) is 1.48. The van der Waals surface area contributed by atoms with Crippen LogP contribution in [0.15, 0.2) is 48.8 Å². The van der Waals surface area contributed by atoms with Crippen molar-refractivity contribution in [1.82, 2.24) is 19.7 Å². The molecule has 1 saturated heterocycles. The summed E-state index contributed by atoms with van der Waals surface area (Å²) in [6.07, 6.45) is 5.21. The van der Waals surface area contributed by atoms with Gasteiger partial charge in [0.05, 0.1) is 19.4 Å². The Hall–Kier alpha value is -2.73. The molecule has 0 unspecified atom stereocenters. The van der Waals surface area contributed by atoms with Crippen molar-refractivity contribution in [1.29, 1.82) is 0 Å². The second kappa shape index (κ2) is 7.03. The van der Waals surface area contributed by atoms with E-state index in [-0.39, 0.29) is 5.92 Å². The molecule has 0 aliphatic carbocycles. The molecule has 1 aromatic carbocycles. The molecule has 0 radical (unpaired) electrons. The van der Waals surface area contributed by atoms with Crippen molar-refractivity contribution in [3.05, 3.63) is 66.0 Å². The molecule has 0 bridgehead atoms. The van der Waals surface area contributed by atoms with Gasteiger partial charge in [0.15, 0.2) is 5.82 Å². The second-order valence-corrected chi connectivity index (χ2v) is 6.09. The number of ether oxygens (including phenoxy) is 2. The summed E-state index contributed by atoms with van der Waals surface area (Å²) < 4.78 is 12.7. The minimum absolute atomic E-state index is 0.283. The highest BCUT2D eigenvalue weighted by Crippen LogP contribution is 2.26. The van der Waals surface area contributed by atoms with Gasteiger partial charge in [-0.3, -0.25) is 4.98 Å². The van der Waals surface area contributed by atoms with Crippen LogP contribution in [0.2, 0.25) is 0 Å². The van der Waals surface area contributed by atoms with Crippen LogP contribution in [0.4, 0.5) is 0 Å². The summed E-state index contributed by atoms with van der Waals surface area (Å²) in [5.74, 6) is 2.91. The largest absolute Gasteiger partial charge is 0.497 e. The van der Waals surface area contributed by atoms with Gasteiger partial charge in [0.25, 0.3) is 0 Å². The number of rotatable bonds is 5. The summed E-state index contributed by atoms with van der Waals surface area (Å²) >= 11 is 0. The molecular formula is C19H20N4O2. The van der Waals surface area contributed by atoms with Gasteiger partial charge in [-0.05, 0) is 36.2 Å². The first-order valence-electron chi connectivity index (χ1n) is 8.40. The van der Waals surface area contributed by atoms with E-state index in [1.165, 1.54) is 0 Å². The lowest BCUT2D eigenvalue weighted by Gasteiger charge is -2.09. The van der Waals surface area contributed by atoms with Crippen LogP contribution in [0, 0.1) is 0 Å². The van der Waals surface area contributed by atoms with E-state index in [1.807, 2.05) is 41.1 Å². The fourth-order valence-corrected chi connectivity index (χ4v) is 3.05. The molecule has 4 rings (SSSR count). The lowest BCUT2D eigenvalue weighted by atomic mass is 10.1. The van der Waals surface area contributed by atoms with Crippen LogP contribution >= 0.6 is 0 Å². The number of aromatic nitrogens is 4. The molecule has 0 saturated carbocycles. The van der Waals surface area contributed by atoms with Crippen LogP contribution in [0.1, 0.15) is 29.6 Å². The number of pyridine rings is 1. The molecule has 25 heavy (non-hydrogen) atoms. The quantitative estimate of drug-likeness (QED) is 0.717. The number of benzene rings is 1. The van der Waals surface area contributed by atoms with E-state index in [9.17, 15) is 0 Å². The van der Waals surface area contributed by atoms with Gasteiger partial charge in [-0.25, -0.2) is 9.67 Å². The van der Waals surface area contributed by atoms with Gasteiger partial charge in [-0.2, -0.15) is 5.10 Å². The van der Waals surface area contributed by atoms with Gasteiger partial charge in [0.2, 0.25) is 0 Å². The molecular weight excluding hydrogens is 316 g/mol. The topological polar surface area (TPSA) is 62.1 Å². The molecule has 1 aliphatic heterocycles. The lowest BCUT2D eigenvalue weighted by molar-refractivity contribution is 0.193. The Labute approximate surface area is 146 Å². The van der Waals surface area contributed by atoms with Gasteiger partial charge in [-0.15, -0.1) is 0 Å². The lowest BCUT2D eigenvalue weighted by Crippen LogP contribution is -2.09. The summed E-state index contributed by atoms with van der Waals surface area (Å²) in [4.78, 5) is 8.92. The number of methoxy groups -OCH3 is 1. The minimum atomic E-state index is 0.283. The molecule has 128 valence electrons. The predicted octanol–water partition coefficient (Wildman–Crippen LogP) is 2.77. The third kappa shape index (κ3) is 3.39. The summed E-state index contributed by atoms with van der Waals surface area (Å²) in [7, 11) is 1.67. The molecule has 2 aromatic heterocycles. The Morgan fingerprint density at radius 3 is 2.64 bits per heavy atom. The first-order valence-corrected chi connectivity index (χ1v) is 8.40. The van der Waals surface area contributed by atoms with Crippen molar-refractivity contribution < 1.29 is 9.47 Å². The van der Waals surface area contributed by atoms with Crippen molar-refractivity contribution in [2.24, 2.45) is 0 Å². The van der Waals surface area contributed by atoms with Gasteiger partial charge in [0, 0.05) is 31.3 Å². The van der Waals surface area contributed by atoms with E-state index < -0.39 is 0 Å². The molecule has 1 fully saturated rings. The van der Waals surface area contributed by atoms with E-state index >= 15 is 0 Å². The number of nitrogens with zero attached hydrogens (tertiary/aromatic N) is 4.